The predicted molar refractivity (Wildman–Crippen MR) is 66.2 cm³/mol. The van der Waals surface area contributed by atoms with Crippen LogP contribution in [0.2, 0.25) is 0 Å². The molecule has 0 atom stereocenters. The van der Waals surface area contributed by atoms with Crippen molar-refractivity contribution in [1.29, 1.82) is 5.26 Å². The molecule has 0 saturated heterocycles. The van der Waals surface area contributed by atoms with Crippen molar-refractivity contribution in [3.05, 3.63) is 44.7 Å². The fourth-order valence-corrected chi connectivity index (χ4v) is 2.11. The number of rotatable bonds is 1. The maximum Gasteiger partial charge on any atom is 0.255 e. The lowest BCUT2D eigenvalue weighted by Crippen LogP contribution is -2.20. The van der Waals surface area contributed by atoms with Gasteiger partial charge in [-0.15, -0.1) is 0 Å². The number of hydrogen-bond acceptors (Lipinski definition) is 2. The molecular formula is C12H9BrN2O. The molecule has 2 rings (SSSR count). The van der Waals surface area contributed by atoms with Crippen LogP contribution in [0.25, 0.3) is 10.9 Å². The maximum absolute atomic E-state index is 11.9. The first-order chi connectivity index (χ1) is 7.63. The second-order valence-corrected chi connectivity index (χ2v) is 4.49. The van der Waals surface area contributed by atoms with Crippen molar-refractivity contribution < 1.29 is 0 Å². The van der Waals surface area contributed by atoms with Crippen molar-refractivity contribution >= 4 is 26.8 Å². The first-order valence-corrected chi connectivity index (χ1v) is 5.58. The van der Waals surface area contributed by atoms with Gasteiger partial charge in [0, 0.05) is 17.1 Å². The standard InChI is InChI=1S/C12H9BrN2O/c1-15-11-3-2-10(13)7-9(11)6-8(4-5-14)12(15)16/h2-3,6-7H,4H2,1H3. The van der Waals surface area contributed by atoms with E-state index in [1.165, 1.54) is 0 Å². The Balaban J connectivity index is 2.84. The van der Waals surface area contributed by atoms with E-state index in [0.29, 0.717) is 5.56 Å². The van der Waals surface area contributed by atoms with Gasteiger partial charge in [-0.1, -0.05) is 15.9 Å². The molecule has 0 N–H and O–H groups in total. The second-order valence-electron chi connectivity index (χ2n) is 3.57. The Morgan fingerprint density at radius 2 is 2.19 bits per heavy atom. The number of hydrogen-bond donors (Lipinski definition) is 0. The quantitative estimate of drug-likeness (QED) is 0.803. The van der Waals surface area contributed by atoms with E-state index in [1.807, 2.05) is 24.3 Å². The highest BCUT2D eigenvalue weighted by Gasteiger charge is 2.06. The molecule has 0 aliphatic rings. The Morgan fingerprint density at radius 3 is 2.88 bits per heavy atom. The lowest BCUT2D eigenvalue weighted by molar-refractivity contribution is 0.886. The largest absolute Gasteiger partial charge is 0.311 e. The smallest absolute Gasteiger partial charge is 0.255 e. The summed E-state index contributed by atoms with van der Waals surface area (Å²) in [5.41, 5.74) is 1.31. The highest BCUT2D eigenvalue weighted by atomic mass is 79.9. The molecule has 0 saturated carbocycles. The summed E-state index contributed by atoms with van der Waals surface area (Å²) in [5, 5.41) is 9.61. The van der Waals surface area contributed by atoms with Crippen LogP contribution in [0.3, 0.4) is 0 Å². The van der Waals surface area contributed by atoms with Crippen LogP contribution in [-0.4, -0.2) is 4.57 Å². The average molecular weight is 277 g/mol. The molecule has 2 aromatic rings. The number of nitrogens with zero attached hydrogens (tertiary/aromatic N) is 2. The number of fused-ring (bicyclic) bond motifs is 1. The van der Waals surface area contributed by atoms with Gasteiger partial charge >= 0.3 is 0 Å². The number of benzene rings is 1. The Hall–Kier alpha value is -1.60. The highest BCUT2D eigenvalue weighted by molar-refractivity contribution is 9.10. The van der Waals surface area contributed by atoms with Crippen molar-refractivity contribution in [2.24, 2.45) is 7.05 Å². The zero-order chi connectivity index (χ0) is 11.7. The Labute approximate surface area is 101 Å². The van der Waals surface area contributed by atoms with Gasteiger partial charge in [0.1, 0.15) is 0 Å². The molecule has 1 heterocycles. The normalized spacial score (nSPS) is 10.3. The maximum atomic E-state index is 11.9. The molecule has 0 aliphatic carbocycles. The summed E-state index contributed by atoms with van der Waals surface area (Å²) in [4.78, 5) is 11.9. The second kappa shape index (κ2) is 4.11. The Morgan fingerprint density at radius 1 is 1.44 bits per heavy atom. The molecule has 4 heteroatoms. The van der Waals surface area contributed by atoms with E-state index in [-0.39, 0.29) is 12.0 Å². The molecule has 16 heavy (non-hydrogen) atoms. The number of aryl methyl sites for hydroxylation is 1. The van der Waals surface area contributed by atoms with E-state index in [2.05, 4.69) is 15.9 Å². The van der Waals surface area contributed by atoms with Gasteiger partial charge < -0.3 is 4.57 Å². The van der Waals surface area contributed by atoms with Crippen LogP contribution in [0, 0.1) is 11.3 Å². The molecular weight excluding hydrogens is 268 g/mol. The first kappa shape index (κ1) is 10.9. The van der Waals surface area contributed by atoms with Gasteiger partial charge in [0.15, 0.2) is 0 Å². The minimum atomic E-state index is -0.101. The predicted octanol–water partition coefficient (Wildman–Crippen LogP) is 2.37. The first-order valence-electron chi connectivity index (χ1n) is 4.78. The summed E-state index contributed by atoms with van der Waals surface area (Å²) in [6, 6.07) is 9.51. The minimum Gasteiger partial charge on any atom is -0.311 e. The van der Waals surface area contributed by atoms with Gasteiger partial charge in [0.05, 0.1) is 18.0 Å². The lowest BCUT2D eigenvalue weighted by Gasteiger charge is -2.07. The van der Waals surface area contributed by atoms with Crippen molar-refractivity contribution in [2.45, 2.75) is 6.42 Å². The highest BCUT2D eigenvalue weighted by Crippen LogP contribution is 2.19. The molecule has 80 valence electrons. The van der Waals surface area contributed by atoms with Crippen LogP contribution < -0.4 is 5.56 Å². The van der Waals surface area contributed by atoms with E-state index in [4.69, 9.17) is 5.26 Å². The third-order valence-electron chi connectivity index (χ3n) is 2.53. The van der Waals surface area contributed by atoms with Crippen LogP contribution in [0.5, 0.6) is 0 Å². The lowest BCUT2D eigenvalue weighted by atomic mass is 10.1. The zero-order valence-corrected chi connectivity index (χ0v) is 10.3. The Kier molecular flexibility index (Phi) is 2.80. The average Bonchev–Trinajstić information content (AvgIpc) is 2.25. The van der Waals surface area contributed by atoms with E-state index in [0.717, 1.165) is 15.4 Å². The van der Waals surface area contributed by atoms with E-state index in [1.54, 1.807) is 17.7 Å². The summed E-state index contributed by atoms with van der Waals surface area (Å²) in [7, 11) is 1.72. The van der Waals surface area contributed by atoms with Crippen molar-refractivity contribution in [1.82, 2.24) is 4.57 Å². The third-order valence-corrected chi connectivity index (χ3v) is 3.02. The molecule has 0 fully saturated rings. The number of nitriles is 1. The van der Waals surface area contributed by atoms with Gasteiger partial charge in [-0.05, 0) is 29.7 Å². The summed E-state index contributed by atoms with van der Waals surface area (Å²) < 4.78 is 2.54. The van der Waals surface area contributed by atoms with E-state index in [9.17, 15) is 4.79 Å². The van der Waals surface area contributed by atoms with Crippen LogP contribution in [0.4, 0.5) is 0 Å². The summed E-state index contributed by atoms with van der Waals surface area (Å²) in [6.07, 6.45) is 0.148. The molecule has 0 bridgehead atoms. The summed E-state index contributed by atoms with van der Waals surface area (Å²) in [5.74, 6) is 0. The minimum absolute atomic E-state index is 0.101. The van der Waals surface area contributed by atoms with Gasteiger partial charge in [0.2, 0.25) is 0 Å². The molecule has 0 spiro atoms. The SMILES string of the molecule is Cn1c(=O)c(CC#N)cc2cc(Br)ccc21. The number of aromatic nitrogens is 1. The fourth-order valence-electron chi connectivity index (χ4n) is 1.73. The van der Waals surface area contributed by atoms with E-state index >= 15 is 0 Å². The fraction of sp³-hybridized carbons (Fsp3) is 0.167. The van der Waals surface area contributed by atoms with Crippen LogP contribution in [-0.2, 0) is 13.5 Å². The zero-order valence-electron chi connectivity index (χ0n) is 8.70. The van der Waals surface area contributed by atoms with Crippen molar-refractivity contribution in [3.63, 3.8) is 0 Å². The van der Waals surface area contributed by atoms with Gasteiger partial charge in [-0.3, -0.25) is 4.79 Å². The molecule has 1 aromatic heterocycles. The Bertz CT molecular complexity index is 652. The van der Waals surface area contributed by atoms with Crippen molar-refractivity contribution in [3.8, 4) is 6.07 Å². The molecule has 0 unspecified atom stereocenters. The molecule has 1 aromatic carbocycles. The van der Waals surface area contributed by atoms with Gasteiger partial charge in [-0.2, -0.15) is 5.26 Å². The topological polar surface area (TPSA) is 45.8 Å². The summed E-state index contributed by atoms with van der Waals surface area (Å²) >= 11 is 3.39. The molecule has 3 nitrogen and oxygen atoms in total. The van der Waals surface area contributed by atoms with Crippen LogP contribution in [0.15, 0.2) is 33.5 Å². The number of pyridine rings is 1. The van der Waals surface area contributed by atoms with Crippen molar-refractivity contribution in [2.75, 3.05) is 0 Å². The van der Waals surface area contributed by atoms with Crippen LogP contribution >= 0.6 is 15.9 Å². The monoisotopic (exact) mass is 276 g/mol. The van der Waals surface area contributed by atoms with Gasteiger partial charge in [-0.25, -0.2) is 0 Å². The summed E-state index contributed by atoms with van der Waals surface area (Å²) in [6.45, 7) is 0. The van der Waals surface area contributed by atoms with Gasteiger partial charge in [0.25, 0.3) is 5.56 Å². The third kappa shape index (κ3) is 1.74. The van der Waals surface area contributed by atoms with Crippen LogP contribution in [0.1, 0.15) is 5.56 Å². The molecule has 0 radical (unpaired) electrons. The molecule has 0 aliphatic heterocycles. The molecule has 0 amide bonds. The number of halogens is 1. The van der Waals surface area contributed by atoms with E-state index < -0.39 is 0 Å².